The Kier molecular flexibility index (Phi) is 6.13. The smallest absolute Gasteiger partial charge is 0.543 e. The number of benzene rings is 1. The standard InChI is InChI=1S/C22H20N4O7.Na/c1-11(27)24-10-14-8-13(18(22(30)31)25-17(14)19(24)21(25)29)7-12-5-6-23(20(12)28)15-3-2-4-16(9-15)26(32)33;/h2-4,7,9,14,17,19H,5-6,8,10H2,1H3,(H,30,31);/q;+1/p-1/b12-7+;/t14?,17-,19?;/m1./s1. The van der Waals surface area contributed by atoms with Gasteiger partial charge in [-0.3, -0.25) is 24.5 Å². The van der Waals surface area contributed by atoms with Gasteiger partial charge in [-0.1, -0.05) is 6.07 Å². The van der Waals surface area contributed by atoms with E-state index in [2.05, 4.69) is 0 Å². The number of aliphatic carboxylic acids is 1. The predicted molar refractivity (Wildman–Crippen MR) is 110 cm³/mol. The van der Waals surface area contributed by atoms with Crippen molar-refractivity contribution in [1.29, 1.82) is 0 Å². The zero-order chi connectivity index (χ0) is 23.6. The summed E-state index contributed by atoms with van der Waals surface area (Å²) in [6.45, 7) is 2.01. The molecule has 2 unspecified atom stereocenters. The van der Waals surface area contributed by atoms with Gasteiger partial charge in [0.25, 0.3) is 17.5 Å². The van der Waals surface area contributed by atoms with Crippen LogP contribution in [-0.4, -0.2) is 63.6 Å². The van der Waals surface area contributed by atoms with Gasteiger partial charge in [-0.2, -0.15) is 0 Å². The second-order valence-electron chi connectivity index (χ2n) is 8.59. The molecular formula is C22H19N4NaO7. The summed E-state index contributed by atoms with van der Waals surface area (Å²) >= 11 is 0. The maximum Gasteiger partial charge on any atom is 1.00 e. The largest absolute Gasteiger partial charge is 1.00 e. The number of anilines is 1. The Hall–Kier alpha value is -3.02. The summed E-state index contributed by atoms with van der Waals surface area (Å²) in [5.74, 6) is -2.71. The molecule has 1 aromatic carbocycles. The molecule has 4 aliphatic heterocycles. The number of carbonyl (C=O) groups is 4. The molecule has 0 spiro atoms. The summed E-state index contributed by atoms with van der Waals surface area (Å²) in [5, 5.41) is 23.0. The second kappa shape index (κ2) is 8.64. The molecule has 34 heavy (non-hydrogen) atoms. The quantitative estimate of drug-likeness (QED) is 0.146. The van der Waals surface area contributed by atoms with Crippen molar-refractivity contribution in [3.05, 3.63) is 57.3 Å². The number of nitro groups is 1. The van der Waals surface area contributed by atoms with Crippen molar-refractivity contribution in [2.24, 2.45) is 5.92 Å². The van der Waals surface area contributed by atoms with Gasteiger partial charge in [0.15, 0.2) is 0 Å². The average molecular weight is 474 g/mol. The topological polar surface area (TPSA) is 144 Å². The van der Waals surface area contributed by atoms with Crippen LogP contribution in [-0.2, 0) is 19.2 Å². The summed E-state index contributed by atoms with van der Waals surface area (Å²) in [6.07, 6.45) is 2.11. The third-order valence-corrected chi connectivity index (χ3v) is 6.81. The Morgan fingerprint density at radius 3 is 2.62 bits per heavy atom. The first kappa shape index (κ1) is 24.1. The summed E-state index contributed by atoms with van der Waals surface area (Å²) in [4.78, 5) is 64.2. The normalized spacial score (nSPS) is 26.4. The van der Waals surface area contributed by atoms with Crippen LogP contribution in [0.15, 0.2) is 47.2 Å². The van der Waals surface area contributed by atoms with E-state index in [-0.39, 0.29) is 65.2 Å². The number of carbonyl (C=O) groups excluding carboxylic acids is 4. The van der Waals surface area contributed by atoms with Crippen LogP contribution < -0.4 is 39.6 Å². The van der Waals surface area contributed by atoms with E-state index in [4.69, 9.17) is 0 Å². The molecule has 3 amide bonds. The van der Waals surface area contributed by atoms with E-state index in [9.17, 15) is 34.4 Å². The number of nitro benzene ring substituents is 1. The molecule has 0 aromatic heterocycles. The molecule has 3 fully saturated rings. The van der Waals surface area contributed by atoms with Crippen LogP contribution in [0, 0.1) is 16.0 Å². The Balaban J connectivity index is 0.00000274. The minimum atomic E-state index is -1.51. The molecule has 4 heterocycles. The number of β-lactam (4-membered cyclic amide) rings is 1. The first-order valence-corrected chi connectivity index (χ1v) is 10.5. The van der Waals surface area contributed by atoms with Crippen LogP contribution in [0.4, 0.5) is 11.4 Å². The third kappa shape index (κ3) is 3.55. The van der Waals surface area contributed by atoms with Gasteiger partial charge in [0.1, 0.15) is 6.04 Å². The number of hydrogen-bond acceptors (Lipinski definition) is 7. The number of likely N-dealkylation sites (tertiary alicyclic amines) is 1. The zero-order valence-electron chi connectivity index (χ0n) is 18.6. The first-order valence-electron chi connectivity index (χ1n) is 10.5. The van der Waals surface area contributed by atoms with Crippen LogP contribution in [0.3, 0.4) is 0 Å². The molecule has 0 bridgehead atoms. The molecule has 5 rings (SSSR count). The van der Waals surface area contributed by atoms with Gasteiger partial charge in [-0.05, 0) is 30.6 Å². The van der Waals surface area contributed by atoms with Gasteiger partial charge in [-0.25, -0.2) is 0 Å². The number of carboxylic acid groups (broad SMARTS) is 1. The Bertz CT molecular complexity index is 1210. The molecule has 3 saturated heterocycles. The van der Waals surface area contributed by atoms with Gasteiger partial charge in [0.2, 0.25) is 5.91 Å². The van der Waals surface area contributed by atoms with Crippen LogP contribution in [0.2, 0.25) is 0 Å². The summed E-state index contributed by atoms with van der Waals surface area (Å²) in [7, 11) is 0. The predicted octanol–water partition coefficient (Wildman–Crippen LogP) is -3.27. The molecule has 0 radical (unpaired) electrons. The molecule has 4 aliphatic rings. The molecule has 0 aliphatic carbocycles. The van der Waals surface area contributed by atoms with Crippen molar-refractivity contribution in [3.8, 4) is 0 Å². The summed E-state index contributed by atoms with van der Waals surface area (Å²) in [6, 6.07) is 4.70. The summed E-state index contributed by atoms with van der Waals surface area (Å²) < 4.78 is 0. The molecule has 11 nitrogen and oxygen atoms in total. The van der Waals surface area contributed by atoms with Crippen LogP contribution >= 0.6 is 0 Å². The fourth-order valence-corrected chi connectivity index (χ4v) is 5.39. The second-order valence-corrected chi connectivity index (χ2v) is 8.59. The maximum atomic E-state index is 13.0. The van der Waals surface area contributed by atoms with Crippen molar-refractivity contribution in [3.63, 3.8) is 0 Å². The van der Waals surface area contributed by atoms with Crippen molar-refractivity contribution < 1.29 is 58.8 Å². The molecule has 1 aromatic rings. The molecular weight excluding hydrogens is 455 g/mol. The molecule has 0 N–H and O–H groups in total. The molecule has 0 saturated carbocycles. The van der Waals surface area contributed by atoms with Gasteiger partial charge in [0, 0.05) is 43.6 Å². The van der Waals surface area contributed by atoms with E-state index in [1.807, 2.05) is 0 Å². The maximum absolute atomic E-state index is 13.0. The van der Waals surface area contributed by atoms with Crippen molar-refractivity contribution in [1.82, 2.24) is 9.80 Å². The van der Waals surface area contributed by atoms with Gasteiger partial charge >= 0.3 is 29.6 Å². The van der Waals surface area contributed by atoms with E-state index >= 15 is 0 Å². The zero-order valence-corrected chi connectivity index (χ0v) is 20.6. The number of rotatable bonds is 4. The average Bonchev–Trinajstić information content (AvgIpc) is 3.32. The number of allylic oxidation sites excluding steroid dienone is 2. The minimum Gasteiger partial charge on any atom is -0.543 e. The van der Waals surface area contributed by atoms with Crippen molar-refractivity contribution in [2.75, 3.05) is 18.0 Å². The fourth-order valence-electron chi connectivity index (χ4n) is 5.39. The summed E-state index contributed by atoms with van der Waals surface area (Å²) in [5.41, 5.74) is 0.651. The van der Waals surface area contributed by atoms with Crippen LogP contribution in [0.5, 0.6) is 0 Å². The number of non-ortho nitro benzene ring substituents is 1. The van der Waals surface area contributed by atoms with Gasteiger partial charge in [0.05, 0.1) is 28.3 Å². The number of amides is 3. The Labute approximate surface area is 216 Å². The number of carboxylic acids is 1. The van der Waals surface area contributed by atoms with E-state index < -0.39 is 28.9 Å². The van der Waals surface area contributed by atoms with Crippen molar-refractivity contribution in [2.45, 2.75) is 31.8 Å². The molecule has 12 heteroatoms. The minimum absolute atomic E-state index is 0. The number of hydrogen-bond donors (Lipinski definition) is 0. The Morgan fingerprint density at radius 2 is 1.97 bits per heavy atom. The van der Waals surface area contributed by atoms with E-state index in [0.717, 1.165) is 0 Å². The van der Waals surface area contributed by atoms with Crippen molar-refractivity contribution >= 4 is 35.1 Å². The monoisotopic (exact) mass is 474 g/mol. The third-order valence-electron chi connectivity index (χ3n) is 6.81. The van der Waals surface area contributed by atoms with E-state index in [1.54, 1.807) is 6.07 Å². The van der Waals surface area contributed by atoms with E-state index in [1.165, 1.54) is 45.9 Å². The Morgan fingerprint density at radius 1 is 1.24 bits per heavy atom. The van der Waals surface area contributed by atoms with Crippen LogP contribution in [0.25, 0.3) is 0 Å². The van der Waals surface area contributed by atoms with Gasteiger partial charge in [-0.15, -0.1) is 0 Å². The first-order chi connectivity index (χ1) is 15.7. The van der Waals surface area contributed by atoms with Gasteiger partial charge < -0.3 is 24.6 Å². The molecule has 170 valence electrons. The van der Waals surface area contributed by atoms with Crippen LogP contribution in [0.1, 0.15) is 19.8 Å². The fraction of sp³-hybridized carbons (Fsp3) is 0.364. The molecule has 3 atom stereocenters. The SMILES string of the molecule is CC(=O)N1CC2CC(/C=C3\CCN(c4cccc([N+](=O)[O-])c4)C3=O)=C(C(=O)[O-])N3C(=O)C1[C@@H]23.[Na+]. The number of nitrogens with zero attached hydrogens (tertiary/aromatic N) is 4. The van der Waals surface area contributed by atoms with E-state index in [0.29, 0.717) is 36.2 Å².